The summed E-state index contributed by atoms with van der Waals surface area (Å²) in [7, 11) is 0. The van der Waals surface area contributed by atoms with Crippen molar-refractivity contribution in [2.45, 2.75) is 38.1 Å². The van der Waals surface area contributed by atoms with Crippen LogP contribution in [0.3, 0.4) is 0 Å². The molecule has 1 aliphatic carbocycles. The molecule has 1 saturated carbocycles. The molecule has 1 fully saturated rings. The number of hydrogen-bond donors (Lipinski definition) is 3. The highest BCUT2D eigenvalue weighted by Gasteiger charge is 2.13. The first-order valence-corrected chi connectivity index (χ1v) is 4.99. The van der Waals surface area contributed by atoms with E-state index in [9.17, 15) is 0 Å². The Hall–Kier alpha value is -0.840. The van der Waals surface area contributed by atoms with Crippen LogP contribution >= 0.6 is 12.2 Å². The molecule has 0 spiro atoms. The van der Waals surface area contributed by atoms with E-state index in [2.05, 4.69) is 10.3 Å². The molecule has 0 aromatic carbocycles. The van der Waals surface area contributed by atoms with E-state index >= 15 is 0 Å². The number of nitrogens with two attached hydrogens (primary N) is 2. The summed E-state index contributed by atoms with van der Waals surface area (Å²) < 4.78 is 0. The molecule has 0 aromatic rings. The number of thiocarbonyl (C=S) groups is 1. The number of nitrogens with zero attached hydrogens (tertiary/aromatic N) is 1. The van der Waals surface area contributed by atoms with Crippen LogP contribution in [0.25, 0.3) is 0 Å². The van der Waals surface area contributed by atoms with Gasteiger partial charge in [-0.3, -0.25) is 0 Å². The lowest BCUT2D eigenvalue weighted by Crippen LogP contribution is -2.36. The molecule has 0 amide bonds. The number of rotatable bonds is 1. The highest BCUT2D eigenvalue weighted by Crippen LogP contribution is 2.17. The molecule has 0 heterocycles. The first-order valence-electron chi connectivity index (χ1n) is 4.58. The number of aliphatic imine (C=N–C) groups is 1. The maximum atomic E-state index is 5.20. The van der Waals surface area contributed by atoms with E-state index in [4.69, 9.17) is 23.7 Å². The molecule has 0 radical (unpaired) electrons. The van der Waals surface area contributed by atoms with Crippen molar-refractivity contribution in [2.75, 3.05) is 0 Å². The van der Waals surface area contributed by atoms with Gasteiger partial charge in [-0.15, -0.1) is 0 Å². The number of guanidine groups is 1. The van der Waals surface area contributed by atoms with E-state index in [-0.39, 0.29) is 5.96 Å². The molecule has 0 aliphatic heterocycles. The van der Waals surface area contributed by atoms with Crippen LogP contribution in [-0.2, 0) is 0 Å². The summed E-state index contributed by atoms with van der Waals surface area (Å²) in [5, 5.41) is 3.54. The van der Waals surface area contributed by atoms with Crippen LogP contribution in [0.15, 0.2) is 4.99 Å². The highest BCUT2D eigenvalue weighted by molar-refractivity contribution is 7.80. The number of hydrogen-bond acceptors (Lipinski definition) is 1. The molecule has 5 N–H and O–H groups in total. The second kappa shape index (κ2) is 5.01. The van der Waals surface area contributed by atoms with Gasteiger partial charge in [0.1, 0.15) is 0 Å². The average molecular weight is 200 g/mol. The molecule has 0 atom stereocenters. The Labute approximate surface area is 83.8 Å². The molecule has 0 saturated heterocycles. The maximum absolute atomic E-state index is 5.20. The quantitative estimate of drug-likeness (QED) is 0.327. The third kappa shape index (κ3) is 4.07. The van der Waals surface area contributed by atoms with E-state index in [0.717, 1.165) is 0 Å². The fourth-order valence-corrected chi connectivity index (χ4v) is 1.84. The minimum absolute atomic E-state index is 0.0216. The van der Waals surface area contributed by atoms with Crippen LogP contribution in [0.1, 0.15) is 32.1 Å². The summed E-state index contributed by atoms with van der Waals surface area (Å²) in [6.07, 6.45) is 6.19. The minimum atomic E-state index is 0.0216. The van der Waals surface area contributed by atoms with E-state index in [1.54, 1.807) is 0 Å². The topological polar surface area (TPSA) is 76.4 Å². The Balaban J connectivity index is 2.30. The monoisotopic (exact) mass is 200 g/mol. The van der Waals surface area contributed by atoms with E-state index in [0.29, 0.717) is 11.2 Å². The van der Waals surface area contributed by atoms with Crippen molar-refractivity contribution in [1.82, 2.24) is 5.32 Å². The molecule has 1 rings (SSSR count). The van der Waals surface area contributed by atoms with Crippen molar-refractivity contribution in [2.24, 2.45) is 16.5 Å². The largest absolute Gasteiger partial charge is 0.370 e. The summed E-state index contributed by atoms with van der Waals surface area (Å²) in [5.74, 6) is 0.0216. The molecule has 4 nitrogen and oxygen atoms in total. The van der Waals surface area contributed by atoms with Crippen molar-refractivity contribution >= 4 is 23.3 Å². The Bertz CT molecular complexity index is 204. The van der Waals surface area contributed by atoms with Gasteiger partial charge in [-0.2, -0.15) is 4.99 Å². The van der Waals surface area contributed by atoms with Crippen LogP contribution in [0.5, 0.6) is 0 Å². The SMILES string of the molecule is NC(N)=NC(=S)NC1CCCCC1. The molecular formula is C8H16N4S. The maximum Gasteiger partial charge on any atom is 0.196 e. The molecular weight excluding hydrogens is 184 g/mol. The van der Waals surface area contributed by atoms with Crippen molar-refractivity contribution in [3.05, 3.63) is 0 Å². The predicted octanol–water partition coefficient (Wildman–Crippen LogP) is 0.467. The summed E-state index contributed by atoms with van der Waals surface area (Å²) in [4.78, 5) is 3.76. The summed E-state index contributed by atoms with van der Waals surface area (Å²) in [6.45, 7) is 0. The lowest BCUT2D eigenvalue weighted by atomic mass is 9.96. The van der Waals surface area contributed by atoms with Crippen molar-refractivity contribution in [3.63, 3.8) is 0 Å². The fourth-order valence-electron chi connectivity index (χ4n) is 1.57. The van der Waals surface area contributed by atoms with Crippen LogP contribution < -0.4 is 16.8 Å². The summed E-state index contributed by atoms with van der Waals surface area (Å²) >= 11 is 4.95. The van der Waals surface area contributed by atoms with Crippen LogP contribution in [-0.4, -0.2) is 17.1 Å². The fraction of sp³-hybridized carbons (Fsp3) is 0.750. The van der Waals surface area contributed by atoms with Gasteiger partial charge in [-0.25, -0.2) is 0 Å². The lowest BCUT2D eigenvalue weighted by molar-refractivity contribution is 0.414. The second-order valence-electron chi connectivity index (χ2n) is 3.32. The van der Waals surface area contributed by atoms with Crippen molar-refractivity contribution in [3.8, 4) is 0 Å². The van der Waals surface area contributed by atoms with Gasteiger partial charge in [-0.05, 0) is 25.1 Å². The zero-order chi connectivity index (χ0) is 9.68. The normalized spacial score (nSPS) is 17.8. The van der Waals surface area contributed by atoms with Crippen LogP contribution in [0.4, 0.5) is 0 Å². The van der Waals surface area contributed by atoms with Gasteiger partial charge in [0.15, 0.2) is 11.1 Å². The third-order valence-electron chi connectivity index (χ3n) is 2.16. The van der Waals surface area contributed by atoms with Crippen molar-refractivity contribution < 1.29 is 0 Å². The zero-order valence-electron chi connectivity index (χ0n) is 7.62. The van der Waals surface area contributed by atoms with Gasteiger partial charge in [0, 0.05) is 6.04 Å². The lowest BCUT2D eigenvalue weighted by Gasteiger charge is -2.22. The highest BCUT2D eigenvalue weighted by atomic mass is 32.1. The second-order valence-corrected chi connectivity index (χ2v) is 3.71. The molecule has 5 heteroatoms. The molecule has 74 valence electrons. The Morgan fingerprint density at radius 3 is 2.38 bits per heavy atom. The Morgan fingerprint density at radius 2 is 1.85 bits per heavy atom. The van der Waals surface area contributed by atoms with Gasteiger partial charge in [0.2, 0.25) is 0 Å². The van der Waals surface area contributed by atoms with Crippen molar-refractivity contribution in [1.29, 1.82) is 0 Å². The minimum Gasteiger partial charge on any atom is -0.370 e. The van der Waals surface area contributed by atoms with Gasteiger partial charge in [0.25, 0.3) is 0 Å². The Kier molecular flexibility index (Phi) is 3.95. The first kappa shape index (κ1) is 10.2. The van der Waals surface area contributed by atoms with Crippen LogP contribution in [0.2, 0.25) is 0 Å². The molecule has 0 aromatic heterocycles. The Morgan fingerprint density at radius 1 is 1.23 bits per heavy atom. The van der Waals surface area contributed by atoms with Gasteiger partial charge in [-0.1, -0.05) is 19.3 Å². The summed E-state index contributed by atoms with van der Waals surface area (Å²) in [6, 6.07) is 0.462. The van der Waals surface area contributed by atoms with E-state index in [1.165, 1.54) is 32.1 Å². The predicted molar refractivity (Wildman–Crippen MR) is 58.4 cm³/mol. The van der Waals surface area contributed by atoms with E-state index < -0.39 is 0 Å². The van der Waals surface area contributed by atoms with Gasteiger partial charge < -0.3 is 16.8 Å². The average Bonchev–Trinajstić information content (AvgIpc) is 2.04. The van der Waals surface area contributed by atoms with Crippen LogP contribution in [0, 0.1) is 0 Å². The molecule has 1 aliphatic rings. The third-order valence-corrected chi connectivity index (χ3v) is 2.37. The molecule has 13 heavy (non-hydrogen) atoms. The zero-order valence-corrected chi connectivity index (χ0v) is 8.44. The van der Waals surface area contributed by atoms with E-state index in [1.807, 2.05) is 0 Å². The van der Waals surface area contributed by atoms with Gasteiger partial charge in [0.05, 0.1) is 0 Å². The number of nitrogens with one attached hydrogen (secondary N) is 1. The summed E-state index contributed by atoms with van der Waals surface area (Å²) in [5.41, 5.74) is 10.4. The first-order chi connectivity index (χ1) is 6.18. The van der Waals surface area contributed by atoms with Gasteiger partial charge >= 0.3 is 0 Å². The molecule has 0 bridgehead atoms. The smallest absolute Gasteiger partial charge is 0.196 e. The standard InChI is InChI=1S/C8H16N4S/c9-7(10)12-8(13)11-6-4-2-1-3-5-6/h6H,1-5H2,(H5,9,10,11,12,13). The molecule has 0 unspecified atom stereocenters.